The number of hydrogen-bond donors (Lipinski definition) is 0. The number of rotatable bonds is 3. The molecule has 0 spiro atoms. The zero-order valence-corrected chi connectivity index (χ0v) is 6.91. The van der Waals surface area contributed by atoms with Gasteiger partial charge >= 0.3 is 0 Å². The highest BCUT2D eigenvalue weighted by Crippen LogP contribution is 2.20. The normalized spacial score (nSPS) is 12.9. The molecule has 1 unspecified atom stereocenters. The molecule has 2 nitrogen and oxygen atoms in total. The van der Waals surface area contributed by atoms with Gasteiger partial charge in [-0.2, -0.15) is 0 Å². The lowest BCUT2D eigenvalue weighted by Crippen LogP contribution is -1.94. The van der Waals surface area contributed by atoms with Crippen LogP contribution in [-0.2, 0) is 9.78 Å². The highest BCUT2D eigenvalue weighted by Gasteiger charge is 2.06. The summed E-state index contributed by atoms with van der Waals surface area (Å²) in [5.74, 6) is 0. The zero-order chi connectivity index (χ0) is 8.10. The van der Waals surface area contributed by atoms with E-state index in [1.165, 1.54) is 7.11 Å². The molecule has 0 aromatic heterocycles. The lowest BCUT2D eigenvalue weighted by Gasteiger charge is -2.06. The zero-order valence-electron chi connectivity index (χ0n) is 6.16. The maximum Gasteiger partial charge on any atom is 0.191 e. The van der Waals surface area contributed by atoms with E-state index in [4.69, 9.17) is 16.5 Å². The predicted octanol–water partition coefficient (Wildman–Crippen LogP) is 2.50. The van der Waals surface area contributed by atoms with E-state index in [1.807, 2.05) is 30.3 Å². The van der Waals surface area contributed by atoms with E-state index in [0.717, 1.165) is 5.56 Å². The monoisotopic (exact) mass is 172 g/mol. The minimum Gasteiger partial charge on any atom is -0.238 e. The first-order valence-electron chi connectivity index (χ1n) is 3.23. The van der Waals surface area contributed by atoms with E-state index in [1.54, 1.807) is 0 Å². The summed E-state index contributed by atoms with van der Waals surface area (Å²) < 4.78 is 0. The molecule has 1 aromatic rings. The summed E-state index contributed by atoms with van der Waals surface area (Å²) >= 11 is 5.76. The Hall–Kier alpha value is -0.570. The first-order valence-corrected chi connectivity index (χ1v) is 3.66. The van der Waals surface area contributed by atoms with Crippen molar-refractivity contribution in [2.45, 2.75) is 5.56 Å². The fourth-order valence-corrected chi connectivity index (χ4v) is 0.963. The van der Waals surface area contributed by atoms with Crippen molar-refractivity contribution in [1.82, 2.24) is 0 Å². The highest BCUT2D eigenvalue weighted by atomic mass is 35.5. The van der Waals surface area contributed by atoms with Crippen LogP contribution in [0.3, 0.4) is 0 Å². The Balaban J connectivity index is 2.61. The van der Waals surface area contributed by atoms with Crippen molar-refractivity contribution in [3.05, 3.63) is 35.9 Å². The molecule has 0 radical (unpaired) electrons. The molecular weight excluding hydrogens is 164 g/mol. The lowest BCUT2D eigenvalue weighted by atomic mass is 10.2. The first kappa shape index (κ1) is 8.53. The average molecular weight is 173 g/mol. The van der Waals surface area contributed by atoms with Crippen LogP contribution in [0, 0.1) is 0 Å². The molecule has 0 N–H and O–H groups in total. The van der Waals surface area contributed by atoms with Crippen molar-refractivity contribution in [1.29, 1.82) is 0 Å². The predicted molar refractivity (Wildman–Crippen MR) is 43.1 cm³/mol. The van der Waals surface area contributed by atoms with Gasteiger partial charge in [-0.1, -0.05) is 41.9 Å². The van der Waals surface area contributed by atoms with Crippen molar-refractivity contribution < 1.29 is 9.78 Å². The summed E-state index contributed by atoms with van der Waals surface area (Å²) in [7, 11) is 1.43. The molecule has 0 heterocycles. The molecular formula is C8H9ClO2. The van der Waals surface area contributed by atoms with Gasteiger partial charge in [0.25, 0.3) is 0 Å². The third kappa shape index (κ3) is 2.50. The second kappa shape index (κ2) is 4.34. The van der Waals surface area contributed by atoms with Crippen molar-refractivity contribution in [2.75, 3.05) is 7.11 Å². The van der Waals surface area contributed by atoms with E-state index in [-0.39, 0.29) is 0 Å². The molecule has 1 rings (SSSR count). The second-order valence-electron chi connectivity index (χ2n) is 1.99. The molecule has 0 aliphatic rings. The Bertz CT molecular complexity index is 201. The van der Waals surface area contributed by atoms with Crippen LogP contribution in [0.15, 0.2) is 30.3 Å². The molecule has 3 heteroatoms. The maximum absolute atomic E-state index is 5.76. The summed E-state index contributed by atoms with van der Waals surface area (Å²) in [6.45, 7) is 0. The minimum atomic E-state index is -0.527. The van der Waals surface area contributed by atoms with Crippen LogP contribution >= 0.6 is 11.6 Å². The molecule has 0 bridgehead atoms. The standard InChI is InChI=1S/C8H9ClO2/c1-10-11-8(9)7-5-3-2-4-6-7/h2-6,8H,1H3. The molecule has 0 aliphatic carbocycles. The van der Waals surface area contributed by atoms with Crippen molar-refractivity contribution in [3.63, 3.8) is 0 Å². The number of alkyl halides is 1. The molecule has 0 fully saturated rings. The SMILES string of the molecule is COOC(Cl)c1ccccc1. The molecule has 0 amide bonds. The summed E-state index contributed by atoms with van der Waals surface area (Å²) in [5, 5.41) is 0. The summed E-state index contributed by atoms with van der Waals surface area (Å²) in [6.07, 6.45) is 0. The number of hydrogen-bond acceptors (Lipinski definition) is 2. The number of benzene rings is 1. The molecule has 11 heavy (non-hydrogen) atoms. The van der Waals surface area contributed by atoms with Gasteiger partial charge in [-0.3, -0.25) is 0 Å². The van der Waals surface area contributed by atoms with Crippen LogP contribution in [0.1, 0.15) is 11.1 Å². The molecule has 60 valence electrons. The lowest BCUT2D eigenvalue weighted by molar-refractivity contribution is -0.287. The Kier molecular flexibility index (Phi) is 3.36. The second-order valence-corrected chi connectivity index (χ2v) is 2.39. The fourth-order valence-electron chi connectivity index (χ4n) is 0.744. The van der Waals surface area contributed by atoms with E-state index in [0.29, 0.717) is 0 Å². The largest absolute Gasteiger partial charge is 0.238 e. The Morgan fingerprint density at radius 1 is 1.27 bits per heavy atom. The Labute approximate surface area is 70.6 Å². The van der Waals surface area contributed by atoms with Crippen LogP contribution in [-0.4, -0.2) is 7.11 Å². The van der Waals surface area contributed by atoms with E-state index in [2.05, 4.69) is 4.89 Å². The van der Waals surface area contributed by atoms with Gasteiger partial charge in [0.1, 0.15) is 0 Å². The van der Waals surface area contributed by atoms with Gasteiger partial charge < -0.3 is 0 Å². The van der Waals surface area contributed by atoms with Gasteiger partial charge in [-0.05, 0) is 5.56 Å². The van der Waals surface area contributed by atoms with Crippen LogP contribution in [0.2, 0.25) is 0 Å². The quantitative estimate of drug-likeness (QED) is 0.396. The van der Waals surface area contributed by atoms with E-state index in [9.17, 15) is 0 Å². The first-order chi connectivity index (χ1) is 5.34. The minimum absolute atomic E-state index is 0.527. The highest BCUT2D eigenvalue weighted by molar-refractivity contribution is 6.19. The van der Waals surface area contributed by atoms with Crippen LogP contribution in [0.25, 0.3) is 0 Å². The third-order valence-corrected chi connectivity index (χ3v) is 1.57. The smallest absolute Gasteiger partial charge is 0.191 e. The van der Waals surface area contributed by atoms with Crippen LogP contribution in [0.4, 0.5) is 0 Å². The molecule has 0 aliphatic heterocycles. The van der Waals surface area contributed by atoms with E-state index >= 15 is 0 Å². The van der Waals surface area contributed by atoms with E-state index < -0.39 is 5.56 Å². The Morgan fingerprint density at radius 2 is 1.91 bits per heavy atom. The van der Waals surface area contributed by atoms with Crippen LogP contribution in [0.5, 0.6) is 0 Å². The topological polar surface area (TPSA) is 18.5 Å². The van der Waals surface area contributed by atoms with Gasteiger partial charge in [0.15, 0.2) is 5.56 Å². The fraction of sp³-hybridized carbons (Fsp3) is 0.250. The molecule has 1 aromatic carbocycles. The van der Waals surface area contributed by atoms with Gasteiger partial charge in [-0.15, -0.1) is 0 Å². The summed E-state index contributed by atoms with van der Waals surface area (Å²) in [6, 6.07) is 9.45. The molecule has 1 atom stereocenters. The maximum atomic E-state index is 5.76. The third-order valence-electron chi connectivity index (χ3n) is 1.24. The van der Waals surface area contributed by atoms with Crippen molar-refractivity contribution in [2.24, 2.45) is 0 Å². The average Bonchev–Trinajstić information content (AvgIpc) is 2.07. The summed E-state index contributed by atoms with van der Waals surface area (Å²) in [4.78, 5) is 9.12. The Morgan fingerprint density at radius 3 is 2.45 bits per heavy atom. The van der Waals surface area contributed by atoms with Crippen LogP contribution < -0.4 is 0 Å². The van der Waals surface area contributed by atoms with Gasteiger partial charge in [0.05, 0.1) is 7.11 Å². The molecule has 0 saturated heterocycles. The summed E-state index contributed by atoms with van der Waals surface area (Å²) in [5.41, 5.74) is 0.359. The number of halogens is 1. The van der Waals surface area contributed by atoms with Crippen molar-refractivity contribution >= 4 is 11.6 Å². The van der Waals surface area contributed by atoms with Gasteiger partial charge in [-0.25, -0.2) is 9.78 Å². The van der Waals surface area contributed by atoms with Gasteiger partial charge in [0, 0.05) is 0 Å². The van der Waals surface area contributed by atoms with Crippen molar-refractivity contribution in [3.8, 4) is 0 Å². The van der Waals surface area contributed by atoms with Gasteiger partial charge in [0.2, 0.25) is 0 Å². The molecule has 0 saturated carbocycles.